The van der Waals surface area contributed by atoms with Gasteiger partial charge in [-0.05, 0) is 54.2 Å². The number of ether oxygens (including phenoxy) is 2. The summed E-state index contributed by atoms with van der Waals surface area (Å²) in [5.41, 5.74) is 10.9. The van der Waals surface area contributed by atoms with Gasteiger partial charge in [-0.15, -0.1) is 0 Å². The Morgan fingerprint density at radius 2 is 1.40 bits per heavy atom. The molecule has 2 aliphatic rings. The number of primary amides is 1. The van der Waals surface area contributed by atoms with Crippen molar-refractivity contribution in [1.82, 2.24) is 35.1 Å². The molecule has 15 nitrogen and oxygen atoms in total. The van der Waals surface area contributed by atoms with Gasteiger partial charge in [0.2, 0.25) is 5.91 Å². The van der Waals surface area contributed by atoms with Crippen LogP contribution in [0, 0.1) is 11.8 Å². The Morgan fingerprint density at radius 1 is 0.836 bits per heavy atom. The molecule has 0 saturated carbocycles. The lowest BCUT2D eigenvalue weighted by Crippen LogP contribution is -2.51. The zero-order valence-electron chi connectivity index (χ0n) is 31.9. The first-order valence-electron chi connectivity index (χ1n) is 18.8. The van der Waals surface area contributed by atoms with Gasteiger partial charge in [-0.2, -0.15) is 0 Å². The van der Waals surface area contributed by atoms with E-state index in [0.29, 0.717) is 42.5 Å². The maximum atomic E-state index is 13.5. The van der Waals surface area contributed by atoms with Gasteiger partial charge in [-0.25, -0.2) is 19.6 Å². The van der Waals surface area contributed by atoms with Crippen molar-refractivity contribution in [3.05, 3.63) is 72.1 Å². The summed E-state index contributed by atoms with van der Waals surface area (Å²) in [6.07, 6.45) is 2.26. The molecule has 2 aliphatic heterocycles. The molecular weight excluding hydrogens is 704 g/mol. The van der Waals surface area contributed by atoms with E-state index in [1.165, 1.54) is 7.11 Å². The zero-order valence-corrected chi connectivity index (χ0v) is 31.9. The van der Waals surface area contributed by atoms with E-state index in [0.717, 1.165) is 47.2 Å². The lowest BCUT2D eigenvalue weighted by atomic mass is 10.0. The number of H-pyrrole nitrogens is 2. The molecule has 6 N–H and O–H groups in total. The second kappa shape index (κ2) is 16.8. The monoisotopic (exact) mass is 754 g/mol. The fraction of sp³-hybridized carbons (Fsp3) is 0.450. The number of likely N-dealkylation sites (tertiary alicyclic amines) is 2. The third-order valence-electron chi connectivity index (χ3n) is 10.4. The maximum Gasteiger partial charge on any atom is 0.407 e. The molecule has 0 bridgehead atoms. The van der Waals surface area contributed by atoms with Crippen molar-refractivity contribution < 1.29 is 33.8 Å². The Labute approximate surface area is 320 Å². The van der Waals surface area contributed by atoms with Crippen LogP contribution in [0.5, 0.6) is 0 Å². The lowest BCUT2D eigenvalue weighted by molar-refractivity contribution is -0.143. The normalized spacial score (nSPS) is 18.1. The summed E-state index contributed by atoms with van der Waals surface area (Å²) >= 11 is 0. The smallest absolute Gasteiger partial charge is 0.407 e. The Hall–Kier alpha value is -5.70. The quantitative estimate of drug-likeness (QED) is 0.124. The Morgan fingerprint density at radius 3 is 1.95 bits per heavy atom. The van der Waals surface area contributed by atoms with E-state index >= 15 is 0 Å². The zero-order chi connectivity index (χ0) is 39.4. The SMILES string of the molecule is COC(=O)N[C@H](C(=O)N1CCC[C@H]1c1nc(-c2ccc(-c3ccc(-c4[nH]c([C@@H]5CCCN5C(=O)[C@@H](OC(N)=O)C(C)C)nc4CO)cc3)cc2)c[nH]1)C(C)C. The number of nitrogens with zero attached hydrogens (tertiary/aromatic N) is 4. The van der Waals surface area contributed by atoms with Crippen LogP contribution in [0.4, 0.5) is 9.59 Å². The molecule has 0 aliphatic carbocycles. The number of aliphatic hydroxyl groups is 1. The van der Waals surface area contributed by atoms with Crippen LogP contribution < -0.4 is 11.1 Å². The van der Waals surface area contributed by atoms with Gasteiger partial charge in [0, 0.05) is 24.8 Å². The number of aromatic amines is 2. The fourth-order valence-electron chi connectivity index (χ4n) is 7.53. The minimum absolute atomic E-state index is 0.117. The van der Waals surface area contributed by atoms with Gasteiger partial charge in [-0.1, -0.05) is 76.2 Å². The summed E-state index contributed by atoms with van der Waals surface area (Å²) in [6.45, 7) is 8.16. The van der Waals surface area contributed by atoms with Crippen LogP contribution in [0.25, 0.3) is 33.6 Å². The number of carbonyl (C=O) groups is 4. The van der Waals surface area contributed by atoms with Crippen molar-refractivity contribution in [1.29, 1.82) is 0 Å². The van der Waals surface area contributed by atoms with Crippen molar-refractivity contribution in [3.63, 3.8) is 0 Å². The number of aromatic nitrogens is 4. The molecule has 15 heteroatoms. The number of hydrogen-bond donors (Lipinski definition) is 5. The predicted molar refractivity (Wildman–Crippen MR) is 204 cm³/mol. The number of hydrogen-bond acceptors (Lipinski definition) is 9. The first-order valence-corrected chi connectivity index (χ1v) is 18.8. The Kier molecular flexibility index (Phi) is 11.9. The molecule has 4 atom stereocenters. The lowest BCUT2D eigenvalue weighted by Gasteiger charge is -2.29. The number of aliphatic hydroxyl groups excluding tert-OH is 1. The highest BCUT2D eigenvalue weighted by Crippen LogP contribution is 2.36. The van der Waals surface area contributed by atoms with Crippen LogP contribution in [0.1, 0.15) is 82.8 Å². The first kappa shape index (κ1) is 39.0. The highest BCUT2D eigenvalue weighted by molar-refractivity contribution is 5.86. The Balaban J connectivity index is 1.14. The number of benzene rings is 2. The van der Waals surface area contributed by atoms with Crippen LogP contribution >= 0.6 is 0 Å². The second-order valence-corrected chi connectivity index (χ2v) is 14.8. The van der Waals surface area contributed by atoms with Gasteiger partial charge in [-0.3, -0.25) is 9.59 Å². The van der Waals surface area contributed by atoms with E-state index in [9.17, 15) is 24.3 Å². The second-order valence-electron chi connectivity index (χ2n) is 14.8. The third kappa shape index (κ3) is 8.36. The van der Waals surface area contributed by atoms with Gasteiger partial charge in [0.15, 0.2) is 6.10 Å². The van der Waals surface area contributed by atoms with Crippen LogP contribution in [0.2, 0.25) is 0 Å². The van der Waals surface area contributed by atoms with E-state index in [1.807, 2.05) is 68.6 Å². The van der Waals surface area contributed by atoms with Crippen molar-refractivity contribution in [2.45, 2.75) is 84.2 Å². The van der Waals surface area contributed by atoms with E-state index < -0.39 is 24.3 Å². The van der Waals surface area contributed by atoms with Crippen molar-refractivity contribution in [2.24, 2.45) is 17.6 Å². The summed E-state index contributed by atoms with van der Waals surface area (Å²) < 4.78 is 9.92. The van der Waals surface area contributed by atoms with E-state index in [4.69, 9.17) is 25.2 Å². The van der Waals surface area contributed by atoms with Gasteiger partial charge >= 0.3 is 12.2 Å². The molecule has 6 rings (SSSR count). The molecule has 4 amide bonds. The highest BCUT2D eigenvalue weighted by atomic mass is 16.6. The molecule has 0 spiro atoms. The molecule has 2 aromatic carbocycles. The number of carbonyl (C=O) groups excluding carboxylic acids is 4. The molecule has 0 radical (unpaired) electrons. The van der Waals surface area contributed by atoms with Crippen LogP contribution in [-0.4, -0.2) is 91.2 Å². The number of imidazole rings is 2. The van der Waals surface area contributed by atoms with Gasteiger partial charge in [0.05, 0.1) is 42.9 Å². The summed E-state index contributed by atoms with van der Waals surface area (Å²) in [6, 6.07) is 14.7. The van der Waals surface area contributed by atoms with Gasteiger partial charge in [0.25, 0.3) is 5.91 Å². The molecule has 0 unspecified atom stereocenters. The van der Waals surface area contributed by atoms with Crippen molar-refractivity contribution in [2.75, 3.05) is 20.2 Å². The number of rotatable bonds is 12. The first-order chi connectivity index (χ1) is 26.4. The minimum Gasteiger partial charge on any atom is -0.453 e. The van der Waals surface area contributed by atoms with Crippen LogP contribution in [0.15, 0.2) is 54.7 Å². The molecule has 4 heterocycles. The Bertz CT molecular complexity index is 1990. The fourth-order valence-corrected chi connectivity index (χ4v) is 7.53. The van der Waals surface area contributed by atoms with E-state index in [2.05, 4.69) is 15.3 Å². The summed E-state index contributed by atoms with van der Waals surface area (Å²) in [4.78, 5) is 70.1. The average molecular weight is 755 g/mol. The molecule has 55 heavy (non-hydrogen) atoms. The third-order valence-corrected chi connectivity index (χ3v) is 10.4. The molecule has 2 aromatic heterocycles. The number of nitrogens with two attached hydrogens (primary N) is 1. The molecule has 2 fully saturated rings. The van der Waals surface area contributed by atoms with Crippen LogP contribution in [-0.2, 0) is 25.7 Å². The molecule has 2 saturated heterocycles. The highest BCUT2D eigenvalue weighted by Gasteiger charge is 2.39. The minimum atomic E-state index is -0.995. The predicted octanol–water partition coefficient (Wildman–Crippen LogP) is 5.45. The van der Waals surface area contributed by atoms with Crippen molar-refractivity contribution in [3.8, 4) is 33.6 Å². The summed E-state index contributed by atoms with van der Waals surface area (Å²) in [7, 11) is 1.28. The molecular formula is C40H50N8O7. The maximum absolute atomic E-state index is 13.5. The average Bonchev–Trinajstić information content (AvgIpc) is 4.01. The van der Waals surface area contributed by atoms with E-state index in [-0.39, 0.29) is 42.3 Å². The molecule has 4 aromatic rings. The summed E-state index contributed by atoms with van der Waals surface area (Å²) in [5, 5.41) is 12.9. The number of amides is 4. The van der Waals surface area contributed by atoms with Crippen LogP contribution in [0.3, 0.4) is 0 Å². The van der Waals surface area contributed by atoms with E-state index in [1.54, 1.807) is 23.6 Å². The molecule has 292 valence electrons. The number of nitrogens with one attached hydrogen (secondary N) is 3. The number of alkyl carbamates (subject to hydrolysis) is 1. The summed E-state index contributed by atoms with van der Waals surface area (Å²) in [5.74, 6) is 0.418. The number of methoxy groups -OCH3 is 1. The topological polar surface area (TPSA) is 209 Å². The largest absolute Gasteiger partial charge is 0.453 e. The standard InChI is InChI=1S/C40H50N8O7/c1-22(2)32(46-40(53)54-5)37(50)47-18-6-8-30(47)35-42-20-28(43-35)26-14-10-24(11-15-26)25-12-16-27(17-13-25)33-29(21-49)44-36(45-33)31-9-7-19-48(31)38(51)34(23(3)4)55-39(41)52/h10-17,20,22-23,30-32,34,49H,6-9,18-19,21H2,1-5H3,(H2,41,52)(H,42,43)(H,44,45)(H,46,53)/t30-,31-,32-,34-/m0/s1. The van der Waals surface area contributed by atoms with Gasteiger partial charge < -0.3 is 45.4 Å². The van der Waals surface area contributed by atoms with Crippen molar-refractivity contribution >= 4 is 24.0 Å². The van der Waals surface area contributed by atoms with Gasteiger partial charge in [0.1, 0.15) is 17.7 Å².